The fourth-order valence-corrected chi connectivity index (χ4v) is 2.54. The van der Waals surface area contributed by atoms with Crippen LogP contribution in [0.1, 0.15) is 46.5 Å². The third kappa shape index (κ3) is 3.58. The van der Waals surface area contributed by atoms with E-state index in [0.29, 0.717) is 6.04 Å². The van der Waals surface area contributed by atoms with Crippen LogP contribution in [0.25, 0.3) is 0 Å². The Hall–Kier alpha value is -0.0800. The maximum Gasteiger partial charge on any atom is 0.0636 e. The third-order valence-electron chi connectivity index (χ3n) is 3.44. The Morgan fingerprint density at radius 2 is 2.14 bits per heavy atom. The SMILES string of the molecule is CCC1CC(C)CCC1NCC(C)O. The van der Waals surface area contributed by atoms with E-state index in [1.807, 2.05) is 6.92 Å². The highest BCUT2D eigenvalue weighted by Gasteiger charge is 2.26. The second-order valence-electron chi connectivity index (χ2n) is 4.95. The van der Waals surface area contributed by atoms with Crippen LogP contribution in [-0.4, -0.2) is 23.8 Å². The Morgan fingerprint density at radius 1 is 1.43 bits per heavy atom. The first kappa shape index (κ1) is 12.0. The summed E-state index contributed by atoms with van der Waals surface area (Å²) in [5.41, 5.74) is 0. The highest BCUT2D eigenvalue weighted by molar-refractivity contribution is 4.83. The molecule has 84 valence electrons. The standard InChI is InChI=1S/C12H25NO/c1-4-11-7-9(2)5-6-12(11)13-8-10(3)14/h9-14H,4-8H2,1-3H3. The zero-order chi connectivity index (χ0) is 10.6. The number of aliphatic hydroxyl groups is 1. The number of aliphatic hydroxyl groups excluding tert-OH is 1. The molecule has 2 N–H and O–H groups in total. The smallest absolute Gasteiger partial charge is 0.0636 e. The summed E-state index contributed by atoms with van der Waals surface area (Å²) >= 11 is 0. The largest absolute Gasteiger partial charge is 0.392 e. The van der Waals surface area contributed by atoms with Crippen molar-refractivity contribution in [2.24, 2.45) is 11.8 Å². The monoisotopic (exact) mass is 199 g/mol. The molecule has 1 aliphatic rings. The number of nitrogens with one attached hydrogen (secondary N) is 1. The Morgan fingerprint density at radius 3 is 2.71 bits per heavy atom. The van der Waals surface area contributed by atoms with E-state index in [2.05, 4.69) is 19.2 Å². The maximum absolute atomic E-state index is 9.23. The lowest BCUT2D eigenvalue weighted by molar-refractivity contribution is 0.156. The molecule has 0 bridgehead atoms. The van der Waals surface area contributed by atoms with E-state index in [0.717, 1.165) is 18.4 Å². The van der Waals surface area contributed by atoms with Gasteiger partial charge in [-0.2, -0.15) is 0 Å². The molecule has 0 saturated heterocycles. The van der Waals surface area contributed by atoms with E-state index >= 15 is 0 Å². The summed E-state index contributed by atoms with van der Waals surface area (Å²) in [5.74, 6) is 1.71. The van der Waals surface area contributed by atoms with E-state index in [1.54, 1.807) is 0 Å². The zero-order valence-electron chi connectivity index (χ0n) is 9.79. The van der Waals surface area contributed by atoms with E-state index in [1.165, 1.54) is 25.7 Å². The van der Waals surface area contributed by atoms with Crippen LogP contribution in [0.15, 0.2) is 0 Å². The third-order valence-corrected chi connectivity index (χ3v) is 3.44. The normalized spacial score (nSPS) is 35.6. The number of rotatable bonds is 4. The predicted molar refractivity (Wildman–Crippen MR) is 60.3 cm³/mol. The van der Waals surface area contributed by atoms with Gasteiger partial charge < -0.3 is 10.4 Å². The lowest BCUT2D eigenvalue weighted by atomic mass is 9.77. The van der Waals surface area contributed by atoms with E-state index < -0.39 is 0 Å². The minimum Gasteiger partial charge on any atom is -0.392 e. The molecule has 1 aliphatic carbocycles. The van der Waals surface area contributed by atoms with Crippen molar-refractivity contribution in [1.82, 2.24) is 5.32 Å². The molecule has 0 aromatic rings. The molecule has 2 heteroatoms. The van der Waals surface area contributed by atoms with Gasteiger partial charge in [0.15, 0.2) is 0 Å². The van der Waals surface area contributed by atoms with Crippen LogP contribution in [0.2, 0.25) is 0 Å². The second kappa shape index (κ2) is 5.72. The fourth-order valence-electron chi connectivity index (χ4n) is 2.54. The van der Waals surface area contributed by atoms with Crippen molar-refractivity contribution in [3.8, 4) is 0 Å². The van der Waals surface area contributed by atoms with Crippen molar-refractivity contribution in [2.45, 2.75) is 58.6 Å². The van der Waals surface area contributed by atoms with Gasteiger partial charge in [-0.1, -0.05) is 20.3 Å². The van der Waals surface area contributed by atoms with Crippen molar-refractivity contribution in [1.29, 1.82) is 0 Å². The molecule has 4 atom stereocenters. The van der Waals surface area contributed by atoms with Gasteiger partial charge in [0.2, 0.25) is 0 Å². The van der Waals surface area contributed by atoms with Crippen LogP contribution < -0.4 is 5.32 Å². The highest BCUT2D eigenvalue weighted by Crippen LogP contribution is 2.30. The Bertz CT molecular complexity index is 158. The molecular weight excluding hydrogens is 174 g/mol. The Kier molecular flexibility index (Phi) is 4.90. The van der Waals surface area contributed by atoms with Gasteiger partial charge in [0, 0.05) is 12.6 Å². The Labute approximate surface area is 88.1 Å². The van der Waals surface area contributed by atoms with E-state index in [9.17, 15) is 5.11 Å². The summed E-state index contributed by atoms with van der Waals surface area (Å²) in [6, 6.07) is 0.644. The van der Waals surface area contributed by atoms with Gasteiger partial charge in [0.1, 0.15) is 0 Å². The summed E-state index contributed by atoms with van der Waals surface area (Å²) in [4.78, 5) is 0. The average molecular weight is 199 g/mol. The lowest BCUT2D eigenvalue weighted by Crippen LogP contribution is -2.42. The first-order chi connectivity index (χ1) is 6.63. The molecule has 0 heterocycles. The molecule has 2 nitrogen and oxygen atoms in total. The Balaban J connectivity index is 2.34. The van der Waals surface area contributed by atoms with Gasteiger partial charge in [0.25, 0.3) is 0 Å². The van der Waals surface area contributed by atoms with E-state index in [-0.39, 0.29) is 6.10 Å². The van der Waals surface area contributed by atoms with Gasteiger partial charge in [-0.25, -0.2) is 0 Å². The zero-order valence-corrected chi connectivity index (χ0v) is 9.79. The molecule has 4 unspecified atom stereocenters. The minimum absolute atomic E-state index is 0.216. The average Bonchev–Trinajstić information content (AvgIpc) is 2.15. The second-order valence-corrected chi connectivity index (χ2v) is 4.95. The minimum atomic E-state index is -0.216. The first-order valence-electron chi connectivity index (χ1n) is 6.05. The van der Waals surface area contributed by atoms with Crippen molar-refractivity contribution in [2.75, 3.05) is 6.54 Å². The summed E-state index contributed by atoms with van der Waals surface area (Å²) in [5, 5.41) is 12.7. The van der Waals surface area contributed by atoms with Gasteiger partial charge in [-0.3, -0.25) is 0 Å². The summed E-state index contributed by atoms with van der Waals surface area (Å²) in [6.45, 7) is 7.22. The molecule has 14 heavy (non-hydrogen) atoms. The van der Waals surface area contributed by atoms with Crippen LogP contribution in [-0.2, 0) is 0 Å². The number of hydrogen-bond acceptors (Lipinski definition) is 2. The predicted octanol–water partition coefficient (Wildman–Crippen LogP) is 2.17. The summed E-state index contributed by atoms with van der Waals surface area (Å²) in [7, 11) is 0. The van der Waals surface area contributed by atoms with Crippen LogP contribution in [0.4, 0.5) is 0 Å². The summed E-state index contributed by atoms with van der Waals surface area (Å²) in [6.07, 6.45) is 5.03. The van der Waals surface area contributed by atoms with Crippen LogP contribution >= 0.6 is 0 Å². The molecule has 0 aromatic carbocycles. The number of hydrogen-bond donors (Lipinski definition) is 2. The molecule has 1 fully saturated rings. The van der Waals surface area contributed by atoms with Crippen LogP contribution in [0, 0.1) is 11.8 Å². The maximum atomic E-state index is 9.23. The van der Waals surface area contributed by atoms with Crippen molar-refractivity contribution < 1.29 is 5.11 Å². The molecule has 0 aliphatic heterocycles. The molecule has 0 amide bonds. The molecule has 1 rings (SSSR count). The topological polar surface area (TPSA) is 32.3 Å². The van der Waals surface area contributed by atoms with E-state index in [4.69, 9.17) is 0 Å². The van der Waals surface area contributed by atoms with Crippen molar-refractivity contribution in [3.05, 3.63) is 0 Å². The van der Waals surface area contributed by atoms with Crippen molar-refractivity contribution in [3.63, 3.8) is 0 Å². The van der Waals surface area contributed by atoms with Gasteiger partial charge >= 0.3 is 0 Å². The van der Waals surface area contributed by atoms with Crippen LogP contribution in [0.5, 0.6) is 0 Å². The fraction of sp³-hybridized carbons (Fsp3) is 1.00. The molecule has 0 radical (unpaired) electrons. The molecule has 0 aromatic heterocycles. The molecule has 1 saturated carbocycles. The first-order valence-corrected chi connectivity index (χ1v) is 6.05. The highest BCUT2D eigenvalue weighted by atomic mass is 16.3. The van der Waals surface area contributed by atoms with Crippen LogP contribution in [0.3, 0.4) is 0 Å². The lowest BCUT2D eigenvalue weighted by Gasteiger charge is -2.35. The van der Waals surface area contributed by atoms with Gasteiger partial charge in [0.05, 0.1) is 6.10 Å². The summed E-state index contributed by atoms with van der Waals surface area (Å²) < 4.78 is 0. The van der Waals surface area contributed by atoms with Gasteiger partial charge in [-0.05, 0) is 38.0 Å². The van der Waals surface area contributed by atoms with Crippen molar-refractivity contribution >= 4 is 0 Å². The molecular formula is C12H25NO. The quantitative estimate of drug-likeness (QED) is 0.727. The van der Waals surface area contributed by atoms with Gasteiger partial charge in [-0.15, -0.1) is 0 Å². The molecule has 0 spiro atoms.